The first kappa shape index (κ1) is 19.0. The molecule has 0 spiro atoms. The first-order chi connectivity index (χ1) is 12.6. The molecule has 0 heterocycles. The van der Waals surface area contributed by atoms with Crippen LogP contribution in [0.1, 0.15) is 13.8 Å². The highest BCUT2D eigenvalue weighted by molar-refractivity contribution is 5.78. The number of allylic oxidation sites excluding steroid dienone is 1. The zero-order valence-electron chi connectivity index (χ0n) is 14.7. The van der Waals surface area contributed by atoms with Crippen molar-refractivity contribution in [2.45, 2.75) is 13.8 Å². The largest absolute Gasteiger partial charge is 0.494 e. The van der Waals surface area contributed by atoms with Crippen LogP contribution in [0, 0.1) is 10.1 Å². The van der Waals surface area contributed by atoms with Crippen molar-refractivity contribution in [1.82, 2.24) is 0 Å². The summed E-state index contributed by atoms with van der Waals surface area (Å²) in [6.45, 7) is 4.97. The van der Waals surface area contributed by atoms with E-state index in [1.54, 1.807) is 48.5 Å². The van der Waals surface area contributed by atoms with Gasteiger partial charge in [0.1, 0.15) is 17.7 Å². The van der Waals surface area contributed by atoms with Gasteiger partial charge in [0.25, 0.3) is 0 Å². The van der Waals surface area contributed by atoms with E-state index in [2.05, 4.69) is 10.3 Å². The van der Waals surface area contributed by atoms with Gasteiger partial charge in [-0.05, 0) is 62.4 Å². The maximum atomic E-state index is 11.2. The summed E-state index contributed by atoms with van der Waals surface area (Å²) in [5.74, 6) is 1.47. The first-order valence-electron chi connectivity index (χ1n) is 8.23. The van der Waals surface area contributed by atoms with Crippen LogP contribution in [0.5, 0.6) is 11.5 Å². The van der Waals surface area contributed by atoms with Crippen LogP contribution in [0.15, 0.2) is 65.4 Å². The third kappa shape index (κ3) is 5.94. The fraction of sp³-hybridized carbons (Fsp3) is 0.211. The summed E-state index contributed by atoms with van der Waals surface area (Å²) in [5.41, 5.74) is 1.15. The van der Waals surface area contributed by atoms with E-state index in [0.717, 1.165) is 11.5 Å². The third-order valence-corrected chi connectivity index (χ3v) is 3.26. The third-order valence-electron chi connectivity index (χ3n) is 3.26. The molecule has 136 valence electrons. The predicted octanol–water partition coefficient (Wildman–Crippen LogP) is 4.42. The summed E-state index contributed by atoms with van der Waals surface area (Å²) in [5, 5.41) is 14.1. The van der Waals surface area contributed by atoms with Crippen molar-refractivity contribution in [1.29, 1.82) is 0 Å². The topological polar surface area (TPSA) is 86.0 Å². The van der Waals surface area contributed by atoms with Gasteiger partial charge < -0.3 is 14.8 Å². The highest BCUT2D eigenvalue weighted by Crippen LogP contribution is 2.18. The van der Waals surface area contributed by atoms with Crippen molar-refractivity contribution in [2.24, 2.45) is 4.99 Å². The second-order valence-electron chi connectivity index (χ2n) is 5.11. The van der Waals surface area contributed by atoms with Crippen LogP contribution in [0.4, 0.5) is 11.4 Å². The van der Waals surface area contributed by atoms with E-state index < -0.39 is 4.92 Å². The summed E-state index contributed by atoms with van der Waals surface area (Å²) >= 11 is 0. The smallest absolute Gasteiger partial charge is 0.303 e. The Hall–Kier alpha value is -3.35. The van der Waals surface area contributed by atoms with Crippen molar-refractivity contribution >= 4 is 17.6 Å². The Morgan fingerprint density at radius 3 is 2.08 bits per heavy atom. The molecule has 0 aliphatic carbocycles. The normalized spacial score (nSPS) is 11.4. The molecule has 0 aliphatic heterocycles. The van der Waals surface area contributed by atoms with Gasteiger partial charge in [-0.1, -0.05) is 0 Å². The molecule has 0 saturated heterocycles. The molecule has 2 rings (SSSR count). The number of benzene rings is 2. The Bertz CT molecular complexity index is 768. The lowest BCUT2D eigenvalue weighted by Crippen LogP contribution is -2.03. The molecule has 0 amide bonds. The minimum absolute atomic E-state index is 0.159. The summed E-state index contributed by atoms with van der Waals surface area (Å²) in [6, 6.07) is 14.1. The van der Waals surface area contributed by atoms with E-state index in [1.807, 2.05) is 13.8 Å². The average Bonchev–Trinajstić information content (AvgIpc) is 2.64. The van der Waals surface area contributed by atoms with Gasteiger partial charge in [-0.3, -0.25) is 10.1 Å². The number of hydrogen-bond acceptors (Lipinski definition) is 6. The molecule has 0 aliphatic rings. The van der Waals surface area contributed by atoms with Crippen molar-refractivity contribution in [2.75, 3.05) is 18.5 Å². The molecule has 0 saturated carbocycles. The van der Waals surface area contributed by atoms with Crippen LogP contribution in [-0.4, -0.2) is 24.4 Å². The summed E-state index contributed by atoms with van der Waals surface area (Å²) < 4.78 is 10.7. The number of nitrogens with zero attached hydrogens (tertiary/aromatic N) is 2. The lowest BCUT2D eigenvalue weighted by Gasteiger charge is -2.04. The number of aliphatic imine (C=N–C) groups is 1. The maximum absolute atomic E-state index is 11.2. The highest BCUT2D eigenvalue weighted by Gasteiger charge is 2.07. The zero-order chi connectivity index (χ0) is 18.8. The second-order valence-corrected chi connectivity index (χ2v) is 5.11. The summed E-state index contributed by atoms with van der Waals surface area (Å²) in [6.07, 6.45) is 2.50. The molecule has 0 radical (unpaired) electrons. The van der Waals surface area contributed by atoms with Crippen LogP contribution in [0.3, 0.4) is 0 Å². The van der Waals surface area contributed by atoms with E-state index in [9.17, 15) is 10.1 Å². The Kier molecular flexibility index (Phi) is 7.17. The molecule has 0 bridgehead atoms. The number of hydrogen-bond donors (Lipinski definition) is 1. The van der Waals surface area contributed by atoms with Crippen molar-refractivity contribution in [3.05, 3.63) is 70.5 Å². The fourth-order valence-corrected chi connectivity index (χ4v) is 2.04. The summed E-state index contributed by atoms with van der Waals surface area (Å²) in [7, 11) is 0. The number of rotatable bonds is 9. The number of ether oxygens (including phenoxy) is 2. The number of nitro groups is 1. The number of nitrogens with one attached hydrogen (secondary N) is 1. The molecule has 26 heavy (non-hydrogen) atoms. The molecule has 7 nitrogen and oxygen atoms in total. The van der Waals surface area contributed by atoms with Gasteiger partial charge in [0, 0.05) is 5.69 Å². The molecule has 0 atom stereocenters. The van der Waals surface area contributed by atoms with Crippen molar-refractivity contribution in [3.63, 3.8) is 0 Å². The van der Waals surface area contributed by atoms with Gasteiger partial charge in [0.15, 0.2) is 0 Å². The Morgan fingerprint density at radius 2 is 1.58 bits per heavy atom. The standard InChI is InChI=1S/C19H21N3O4/c1-3-25-18-9-5-15(6-10-18)20-13-17(22(23)24)14-21-16-7-11-19(12-8-16)26-4-2/h5-14,20H,3-4H2,1-2H3/b17-13+,21-14?. The van der Waals surface area contributed by atoms with Crippen LogP contribution >= 0.6 is 0 Å². The Labute approximate surface area is 152 Å². The van der Waals surface area contributed by atoms with Crippen molar-refractivity contribution in [3.8, 4) is 11.5 Å². The van der Waals surface area contributed by atoms with E-state index >= 15 is 0 Å². The zero-order valence-corrected chi connectivity index (χ0v) is 14.7. The van der Waals surface area contributed by atoms with Gasteiger partial charge in [-0.25, -0.2) is 4.99 Å². The SMILES string of the molecule is CCOc1ccc(N=C/C(=C\Nc2ccc(OCC)cc2)[N+](=O)[O-])cc1. The molecule has 7 heteroatoms. The molecule has 1 N–H and O–H groups in total. The monoisotopic (exact) mass is 355 g/mol. The van der Waals surface area contributed by atoms with Gasteiger partial charge >= 0.3 is 5.70 Å². The van der Waals surface area contributed by atoms with E-state index in [4.69, 9.17) is 9.47 Å². The van der Waals surface area contributed by atoms with E-state index in [0.29, 0.717) is 24.6 Å². The molecule has 0 fully saturated rings. The van der Waals surface area contributed by atoms with Gasteiger partial charge in [-0.15, -0.1) is 0 Å². The maximum Gasteiger partial charge on any atom is 0.303 e. The number of anilines is 1. The molecule has 2 aromatic rings. The summed E-state index contributed by atoms with van der Waals surface area (Å²) in [4.78, 5) is 14.8. The Morgan fingerprint density at radius 1 is 1.04 bits per heavy atom. The minimum Gasteiger partial charge on any atom is -0.494 e. The van der Waals surface area contributed by atoms with Crippen molar-refractivity contribution < 1.29 is 14.4 Å². The predicted molar refractivity (Wildman–Crippen MR) is 102 cm³/mol. The van der Waals surface area contributed by atoms with E-state index in [1.165, 1.54) is 12.4 Å². The van der Waals surface area contributed by atoms with Gasteiger partial charge in [0.2, 0.25) is 0 Å². The average molecular weight is 355 g/mol. The molecular weight excluding hydrogens is 334 g/mol. The van der Waals surface area contributed by atoms with Crippen LogP contribution < -0.4 is 14.8 Å². The molecule has 0 unspecified atom stereocenters. The van der Waals surface area contributed by atoms with Gasteiger partial charge in [-0.2, -0.15) is 0 Å². The Balaban J connectivity index is 2.05. The van der Waals surface area contributed by atoms with Crippen LogP contribution in [0.25, 0.3) is 0 Å². The lowest BCUT2D eigenvalue weighted by atomic mass is 10.3. The van der Waals surface area contributed by atoms with Crippen LogP contribution in [-0.2, 0) is 0 Å². The highest BCUT2D eigenvalue weighted by atomic mass is 16.6. The molecular formula is C19H21N3O4. The molecule has 0 aromatic heterocycles. The molecule has 2 aromatic carbocycles. The van der Waals surface area contributed by atoms with E-state index in [-0.39, 0.29) is 5.70 Å². The quantitative estimate of drug-likeness (QED) is 0.409. The fourth-order valence-electron chi connectivity index (χ4n) is 2.04. The minimum atomic E-state index is -0.500. The first-order valence-corrected chi connectivity index (χ1v) is 8.23. The lowest BCUT2D eigenvalue weighted by molar-refractivity contribution is -0.414. The van der Waals surface area contributed by atoms with Gasteiger partial charge in [0.05, 0.1) is 30.0 Å². The van der Waals surface area contributed by atoms with Crippen LogP contribution in [0.2, 0.25) is 0 Å². The second kappa shape index (κ2) is 9.83.